The number of anilines is 1. The molecule has 3 aromatic rings. The van der Waals surface area contributed by atoms with Crippen LogP contribution >= 0.6 is 0 Å². The number of fused-ring (bicyclic) bond motifs is 1. The summed E-state index contributed by atoms with van der Waals surface area (Å²) in [6, 6.07) is 9.77. The SMILES string of the molecule is CC(=O)Nc1ccc2cc(S(=O)(=O)O)c(N=Nc3cccc(S(=O)(=O)CCOS(=O)(=O)O)c3)c([O-])c2c1.[Na+].[Na+]. The molecule has 0 aromatic heterocycles. The largest absolute Gasteiger partial charge is 1.00 e. The van der Waals surface area contributed by atoms with Crippen LogP contribution in [0.3, 0.4) is 0 Å². The molecule has 3 rings (SSSR count). The second-order valence-electron chi connectivity index (χ2n) is 7.41. The van der Waals surface area contributed by atoms with Crippen molar-refractivity contribution in [1.82, 2.24) is 0 Å². The Bertz CT molecular complexity index is 1750. The summed E-state index contributed by atoms with van der Waals surface area (Å²) in [6.45, 7) is 0.390. The number of hydrogen-bond acceptors (Lipinski definition) is 11. The summed E-state index contributed by atoms with van der Waals surface area (Å²) in [6.07, 6.45) is 0. The number of carbonyl (C=O) groups excluding carboxylic acids is 1. The molecule has 1 amide bonds. The van der Waals surface area contributed by atoms with Gasteiger partial charge >= 0.3 is 69.5 Å². The minimum Gasteiger partial charge on any atom is -0.871 e. The van der Waals surface area contributed by atoms with E-state index in [4.69, 9.17) is 4.55 Å². The van der Waals surface area contributed by atoms with Crippen LogP contribution in [0, 0.1) is 0 Å². The predicted octanol–water partition coefficient (Wildman–Crippen LogP) is -3.86. The maximum absolute atomic E-state index is 13.1. The molecule has 3 N–H and O–H groups in total. The molecule has 3 aromatic carbocycles. The first-order valence-corrected chi connectivity index (χ1v) is 14.4. The molecule has 0 aliphatic rings. The molecule has 39 heavy (non-hydrogen) atoms. The summed E-state index contributed by atoms with van der Waals surface area (Å²) in [4.78, 5) is 10.1. The van der Waals surface area contributed by atoms with E-state index in [0.717, 1.165) is 18.2 Å². The summed E-state index contributed by atoms with van der Waals surface area (Å²) in [5, 5.41) is 23.0. The molecular formula is C20H18N3Na2O11S3+. The number of rotatable bonds is 9. The van der Waals surface area contributed by atoms with Gasteiger partial charge in [-0.2, -0.15) is 21.9 Å². The van der Waals surface area contributed by atoms with Crippen molar-refractivity contribution in [3.8, 4) is 5.75 Å². The van der Waals surface area contributed by atoms with Crippen molar-refractivity contribution in [3.05, 3.63) is 48.5 Å². The first kappa shape index (κ1) is 35.5. The molecule has 0 spiro atoms. The third-order valence-corrected chi connectivity index (χ3v) is 7.67. The number of sulfone groups is 1. The fourth-order valence-corrected chi connectivity index (χ4v) is 5.29. The molecule has 0 aliphatic carbocycles. The van der Waals surface area contributed by atoms with E-state index in [1.165, 1.54) is 37.3 Å². The fraction of sp³-hybridized carbons (Fsp3) is 0.150. The number of carbonyl (C=O) groups is 1. The molecule has 0 unspecified atom stereocenters. The zero-order chi connectivity index (χ0) is 27.6. The molecule has 0 saturated carbocycles. The number of nitrogens with one attached hydrogen (secondary N) is 1. The van der Waals surface area contributed by atoms with Gasteiger partial charge in [0.15, 0.2) is 9.84 Å². The normalized spacial score (nSPS) is 12.1. The van der Waals surface area contributed by atoms with E-state index in [1.54, 1.807) is 0 Å². The maximum Gasteiger partial charge on any atom is 1.00 e. The van der Waals surface area contributed by atoms with Gasteiger partial charge < -0.3 is 10.4 Å². The average Bonchev–Trinajstić information content (AvgIpc) is 2.77. The number of hydrogen-bond donors (Lipinski definition) is 3. The van der Waals surface area contributed by atoms with Crippen molar-refractivity contribution >= 4 is 64.1 Å². The van der Waals surface area contributed by atoms with Crippen molar-refractivity contribution in [2.75, 3.05) is 17.7 Å². The third kappa shape index (κ3) is 9.83. The Hall–Kier alpha value is -1.48. The summed E-state index contributed by atoms with van der Waals surface area (Å²) < 4.78 is 92.1. The molecule has 0 saturated heterocycles. The minimum atomic E-state index is -4.94. The van der Waals surface area contributed by atoms with Crippen LogP contribution in [0.15, 0.2) is 68.6 Å². The van der Waals surface area contributed by atoms with Crippen LogP contribution in [0.4, 0.5) is 17.1 Å². The first-order chi connectivity index (χ1) is 17.1. The van der Waals surface area contributed by atoms with Crippen molar-refractivity contribution in [2.24, 2.45) is 10.2 Å². The molecule has 198 valence electrons. The molecule has 14 nitrogen and oxygen atoms in total. The second-order valence-corrected chi connectivity index (χ2v) is 12.0. The molecule has 19 heteroatoms. The van der Waals surface area contributed by atoms with Gasteiger partial charge in [0.25, 0.3) is 10.1 Å². The van der Waals surface area contributed by atoms with Crippen LogP contribution in [0.1, 0.15) is 6.92 Å². The molecule has 0 aliphatic heterocycles. The van der Waals surface area contributed by atoms with Gasteiger partial charge in [-0.25, -0.2) is 12.6 Å². The number of benzene rings is 3. The Kier molecular flexibility index (Phi) is 12.7. The fourth-order valence-electron chi connectivity index (χ4n) is 3.11. The molecule has 0 atom stereocenters. The van der Waals surface area contributed by atoms with Gasteiger partial charge in [-0.15, -0.1) is 5.11 Å². The molecule has 0 heterocycles. The van der Waals surface area contributed by atoms with Gasteiger partial charge in [0.1, 0.15) is 4.90 Å². The van der Waals surface area contributed by atoms with Gasteiger partial charge in [0.2, 0.25) is 5.91 Å². The van der Waals surface area contributed by atoms with E-state index in [9.17, 15) is 39.7 Å². The van der Waals surface area contributed by atoms with Crippen LogP contribution < -0.4 is 69.5 Å². The maximum atomic E-state index is 13.1. The van der Waals surface area contributed by atoms with Gasteiger partial charge in [0, 0.05) is 12.6 Å². The van der Waals surface area contributed by atoms with Gasteiger partial charge in [0.05, 0.1) is 28.6 Å². The van der Waals surface area contributed by atoms with Crippen LogP contribution in [0.5, 0.6) is 5.75 Å². The molecule has 0 bridgehead atoms. The Morgan fingerprint density at radius 2 is 1.64 bits per heavy atom. The Labute approximate surface area is 268 Å². The zero-order valence-electron chi connectivity index (χ0n) is 20.7. The molecular weight excluding hydrogens is 600 g/mol. The third-order valence-electron chi connectivity index (χ3n) is 4.66. The second kappa shape index (κ2) is 13.9. The van der Waals surface area contributed by atoms with Crippen molar-refractivity contribution in [3.63, 3.8) is 0 Å². The summed E-state index contributed by atoms with van der Waals surface area (Å²) >= 11 is 0. The Balaban J connectivity index is 0.00000380. The van der Waals surface area contributed by atoms with E-state index in [2.05, 4.69) is 19.7 Å². The van der Waals surface area contributed by atoms with E-state index in [1.807, 2.05) is 0 Å². The first-order valence-electron chi connectivity index (χ1n) is 9.96. The summed E-state index contributed by atoms with van der Waals surface area (Å²) in [7, 11) is -13.9. The van der Waals surface area contributed by atoms with Crippen LogP contribution in [0.25, 0.3) is 10.8 Å². The quantitative estimate of drug-likeness (QED) is 0.119. The topological polar surface area (TPSA) is 229 Å². The Morgan fingerprint density at radius 3 is 2.23 bits per heavy atom. The predicted molar refractivity (Wildman–Crippen MR) is 128 cm³/mol. The summed E-state index contributed by atoms with van der Waals surface area (Å²) in [5.74, 6) is -2.17. The van der Waals surface area contributed by atoms with E-state index >= 15 is 0 Å². The smallest absolute Gasteiger partial charge is 0.871 e. The van der Waals surface area contributed by atoms with Crippen LogP contribution in [-0.4, -0.2) is 52.6 Å². The van der Waals surface area contributed by atoms with Gasteiger partial charge in [-0.3, -0.25) is 13.9 Å². The minimum absolute atomic E-state index is 0. The zero-order valence-corrected chi connectivity index (χ0v) is 27.2. The number of amides is 1. The van der Waals surface area contributed by atoms with Crippen LogP contribution in [0.2, 0.25) is 0 Å². The van der Waals surface area contributed by atoms with Crippen LogP contribution in [-0.2, 0) is 39.3 Å². The van der Waals surface area contributed by atoms with Crippen molar-refractivity contribution in [2.45, 2.75) is 16.7 Å². The average molecular weight is 619 g/mol. The van der Waals surface area contributed by atoms with E-state index < -0.39 is 65.0 Å². The monoisotopic (exact) mass is 618 g/mol. The number of nitrogens with zero attached hydrogens (tertiary/aromatic N) is 2. The number of azo groups is 1. The van der Waals surface area contributed by atoms with E-state index in [0.29, 0.717) is 0 Å². The van der Waals surface area contributed by atoms with Crippen molar-refractivity contribution < 1.29 is 108 Å². The molecule has 0 fully saturated rings. The molecule has 0 radical (unpaired) electrons. The van der Waals surface area contributed by atoms with Gasteiger partial charge in [-0.05, 0) is 47.2 Å². The van der Waals surface area contributed by atoms with Gasteiger partial charge in [-0.1, -0.05) is 17.9 Å². The van der Waals surface area contributed by atoms with Crippen molar-refractivity contribution in [1.29, 1.82) is 0 Å². The standard InChI is InChI=1S/C20H19N3O11S3.2Na/c1-12(24)21-14-6-5-13-9-18(36(28,29)30)19(20(25)17(13)11-14)23-22-15-3-2-4-16(10-15)35(26,27)8-7-34-37(31,32)33;;/h2-6,9-11,25H,7-8H2,1H3,(H,21,24)(H,28,29,30)(H,31,32,33);;/q;2*+1/p-1. The Morgan fingerprint density at radius 1 is 0.974 bits per heavy atom. The van der Waals surface area contributed by atoms with E-state index in [-0.39, 0.29) is 86.2 Å². The summed E-state index contributed by atoms with van der Waals surface area (Å²) in [5.41, 5.74) is -0.648.